The lowest BCUT2D eigenvalue weighted by molar-refractivity contribution is -0.116. The van der Waals surface area contributed by atoms with Crippen LogP contribution in [0.4, 0.5) is 5.69 Å². The standard InChI is InChI=1S/C15H18N2O2S/c1-10-4-5-13(8-11(10)2)16-14(18)6-7-17-12(3)9-20-15(17)19/h4-5,8-9H,6-7H2,1-3H3,(H,16,18). The highest BCUT2D eigenvalue weighted by Crippen LogP contribution is 2.14. The zero-order valence-corrected chi connectivity index (χ0v) is 12.7. The van der Waals surface area contributed by atoms with Crippen LogP contribution in [-0.4, -0.2) is 10.5 Å². The van der Waals surface area contributed by atoms with E-state index in [1.165, 1.54) is 16.9 Å². The third-order valence-electron chi connectivity index (χ3n) is 3.33. The monoisotopic (exact) mass is 290 g/mol. The molecule has 0 saturated carbocycles. The van der Waals surface area contributed by atoms with Crippen molar-refractivity contribution in [2.45, 2.75) is 33.7 Å². The average molecular weight is 290 g/mol. The first-order valence-corrected chi connectivity index (χ1v) is 7.37. The van der Waals surface area contributed by atoms with Crippen LogP contribution in [0.25, 0.3) is 0 Å². The zero-order chi connectivity index (χ0) is 14.7. The predicted molar refractivity (Wildman–Crippen MR) is 82.5 cm³/mol. The lowest BCUT2D eigenvalue weighted by Crippen LogP contribution is -2.20. The molecule has 1 aromatic carbocycles. The summed E-state index contributed by atoms with van der Waals surface area (Å²) in [6, 6.07) is 5.83. The van der Waals surface area contributed by atoms with Crippen molar-refractivity contribution in [3.8, 4) is 0 Å². The number of benzene rings is 1. The van der Waals surface area contributed by atoms with Crippen molar-refractivity contribution >= 4 is 22.9 Å². The van der Waals surface area contributed by atoms with E-state index in [2.05, 4.69) is 5.32 Å². The molecule has 0 unspecified atom stereocenters. The van der Waals surface area contributed by atoms with Gasteiger partial charge in [-0.2, -0.15) is 0 Å². The summed E-state index contributed by atoms with van der Waals surface area (Å²) in [5.74, 6) is -0.0780. The molecule has 0 radical (unpaired) electrons. The maximum atomic E-state index is 11.9. The molecule has 0 aliphatic heterocycles. The van der Waals surface area contributed by atoms with Gasteiger partial charge in [0.1, 0.15) is 0 Å². The number of thiazole rings is 1. The molecule has 0 saturated heterocycles. The first-order valence-electron chi connectivity index (χ1n) is 6.49. The van der Waals surface area contributed by atoms with Crippen molar-refractivity contribution in [1.29, 1.82) is 0 Å². The Kier molecular flexibility index (Phi) is 4.39. The SMILES string of the molecule is Cc1ccc(NC(=O)CCn2c(C)csc2=O)cc1C. The molecule has 0 fully saturated rings. The number of aryl methyl sites for hydroxylation is 3. The second-order valence-electron chi connectivity index (χ2n) is 4.89. The lowest BCUT2D eigenvalue weighted by atomic mass is 10.1. The minimum atomic E-state index is -0.0780. The molecule has 0 spiro atoms. The molecule has 1 heterocycles. The number of anilines is 1. The molecule has 1 amide bonds. The molecule has 5 heteroatoms. The van der Waals surface area contributed by atoms with Gasteiger partial charge in [0, 0.05) is 29.7 Å². The highest BCUT2D eigenvalue weighted by Gasteiger charge is 2.07. The van der Waals surface area contributed by atoms with Crippen LogP contribution in [0.2, 0.25) is 0 Å². The molecule has 0 aliphatic carbocycles. The normalized spacial score (nSPS) is 10.6. The molecule has 0 atom stereocenters. The molecular weight excluding hydrogens is 272 g/mol. The molecule has 20 heavy (non-hydrogen) atoms. The number of nitrogens with zero attached hydrogens (tertiary/aromatic N) is 1. The van der Waals surface area contributed by atoms with Gasteiger partial charge in [0.05, 0.1) is 0 Å². The van der Waals surface area contributed by atoms with E-state index in [0.29, 0.717) is 13.0 Å². The first kappa shape index (κ1) is 14.5. The molecule has 4 nitrogen and oxygen atoms in total. The minimum absolute atomic E-state index is 0.0125. The van der Waals surface area contributed by atoms with Gasteiger partial charge < -0.3 is 9.88 Å². The van der Waals surface area contributed by atoms with Crippen LogP contribution in [0, 0.1) is 20.8 Å². The quantitative estimate of drug-likeness (QED) is 0.941. The third kappa shape index (κ3) is 3.36. The van der Waals surface area contributed by atoms with Crippen molar-refractivity contribution in [2.75, 3.05) is 5.32 Å². The van der Waals surface area contributed by atoms with E-state index in [1.807, 2.05) is 44.4 Å². The van der Waals surface area contributed by atoms with Gasteiger partial charge in [0.15, 0.2) is 0 Å². The van der Waals surface area contributed by atoms with Gasteiger partial charge in [-0.1, -0.05) is 17.4 Å². The van der Waals surface area contributed by atoms with Crippen molar-refractivity contribution in [1.82, 2.24) is 4.57 Å². The molecule has 0 aliphatic rings. The van der Waals surface area contributed by atoms with E-state index in [9.17, 15) is 9.59 Å². The van der Waals surface area contributed by atoms with Crippen LogP contribution in [0.5, 0.6) is 0 Å². The van der Waals surface area contributed by atoms with Gasteiger partial charge in [0.2, 0.25) is 5.91 Å². The van der Waals surface area contributed by atoms with Crippen molar-refractivity contribution in [3.63, 3.8) is 0 Å². The number of carbonyl (C=O) groups is 1. The van der Waals surface area contributed by atoms with Crippen molar-refractivity contribution < 1.29 is 4.79 Å². The topological polar surface area (TPSA) is 51.1 Å². The summed E-state index contributed by atoms with van der Waals surface area (Å²) >= 11 is 1.17. The highest BCUT2D eigenvalue weighted by molar-refractivity contribution is 7.07. The maximum absolute atomic E-state index is 11.9. The number of amides is 1. The third-order valence-corrected chi connectivity index (χ3v) is 4.21. The molecule has 0 bridgehead atoms. The van der Waals surface area contributed by atoms with E-state index in [1.54, 1.807) is 4.57 Å². The van der Waals surface area contributed by atoms with Gasteiger partial charge in [-0.05, 0) is 44.0 Å². The molecule has 106 valence electrons. The molecule has 1 aromatic heterocycles. The first-order chi connectivity index (χ1) is 9.47. The Morgan fingerprint density at radius 3 is 2.60 bits per heavy atom. The lowest BCUT2D eigenvalue weighted by Gasteiger charge is -2.08. The zero-order valence-electron chi connectivity index (χ0n) is 11.9. The second-order valence-corrected chi connectivity index (χ2v) is 5.71. The summed E-state index contributed by atoms with van der Waals surface area (Å²) in [4.78, 5) is 23.4. The number of hydrogen-bond donors (Lipinski definition) is 1. The molecule has 2 aromatic rings. The smallest absolute Gasteiger partial charge is 0.307 e. The fourth-order valence-corrected chi connectivity index (χ4v) is 2.69. The van der Waals surface area contributed by atoms with Gasteiger partial charge in [0.25, 0.3) is 0 Å². The van der Waals surface area contributed by atoms with E-state index < -0.39 is 0 Å². The van der Waals surface area contributed by atoms with Crippen molar-refractivity contribution in [2.24, 2.45) is 0 Å². The summed E-state index contributed by atoms with van der Waals surface area (Å²) < 4.78 is 1.63. The average Bonchev–Trinajstić information content (AvgIpc) is 2.71. The van der Waals surface area contributed by atoms with Crippen LogP contribution >= 0.6 is 11.3 Å². The van der Waals surface area contributed by atoms with Gasteiger partial charge in [-0.15, -0.1) is 0 Å². The van der Waals surface area contributed by atoms with Gasteiger partial charge >= 0.3 is 4.87 Å². The van der Waals surface area contributed by atoms with E-state index in [0.717, 1.165) is 16.9 Å². The second kappa shape index (κ2) is 6.05. The van der Waals surface area contributed by atoms with Crippen LogP contribution in [-0.2, 0) is 11.3 Å². The largest absolute Gasteiger partial charge is 0.326 e. The van der Waals surface area contributed by atoms with Crippen LogP contribution in [0.1, 0.15) is 23.2 Å². The Bertz CT molecular complexity index is 685. The fraction of sp³-hybridized carbons (Fsp3) is 0.333. The molecule has 2 rings (SSSR count). The Morgan fingerprint density at radius 2 is 2.00 bits per heavy atom. The summed E-state index contributed by atoms with van der Waals surface area (Å²) in [7, 11) is 0. The molecular formula is C15H18N2O2S. The highest BCUT2D eigenvalue weighted by atomic mass is 32.1. The summed E-state index contributed by atoms with van der Waals surface area (Å²) in [6.07, 6.45) is 0.296. The number of nitrogens with one attached hydrogen (secondary N) is 1. The number of carbonyl (C=O) groups excluding carboxylic acids is 1. The summed E-state index contributed by atoms with van der Waals surface area (Å²) in [5.41, 5.74) is 4.04. The van der Waals surface area contributed by atoms with Crippen LogP contribution in [0.3, 0.4) is 0 Å². The predicted octanol–water partition coefficient (Wildman–Crippen LogP) is 2.86. The maximum Gasteiger partial charge on any atom is 0.307 e. The Balaban J connectivity index is 1.96. The van der Waals surface area contributed by atoms with Gasteiger partial charge in [-0.25, -0.2) is 0 Å². The van der Waals surface area contributed by atoms with Crippen molar-refractivity contribution in [3.05, 3.63) is 50.1 Å². The Labute approximate surface area is 122 Å². The van der Waals surface area contributed by atoms with E-state index >= 15 is 0 Å². The fourth-order valence-electron chi connectivity index (χ4n) is 1.93. The molecule has 1 N–H and O–H groups in total. The summed E-state index contributed by atoms with van der Waals surface area (Å²) in [6.45, 7) is 6.34. The van der Waals surface area contributed by atoms with Crippen LogP contribution in [0.15, 0.2) is 28.4 Å². The summed E-state index contributed by atoms with van der Waals surface area (Å²) in [5, 5.41) is 4.67. The van der Waals surface area contributed by atoms with Gasteiger partial charge in [-0.3, -0.25) is 9.59 Å². The Morgan fingerprint density at radius 1 is 1.25 bits per heavy atom. The number of aromatic nitrogens is 1. The minimum Gasteiger partial charge on any atom is -0.326 e. The number of rotatable bonds is 4. The van der Waals surface area contributed by atoms with E-state index in [4.69, 9.17) is 0 Å². The Hall–Kier alpha value is -1.88. The van der Waals surface area contributed by atoms with Crippen LogP contribution < -0.4 is 10.2 Å². The number of hydrogen-bond acceptors (Lipinski definition) is 3. The van der Waals surface area contributed by atoms with E-state index in [-0.39, 0.29) is 10.8 Å².